The van der Waals surface area contributed by atoms with Crippen LogP contribution in [0.3, 0.4) is 0 Å². The highest BCUT2D eigenvalue weighted by Gasteiger charge is 2.22. The molecule has 27 heavy (non-hydrogen) atoms. The van der Waals surface area contributed by atoms with E-state index in [0.29, 0.717) is 21.4 Å². The summed E-state index contributed by atoms with van der Waals surface area (Å²) in [5.41, 5.74) is 1.39. The number of furan rings is 1. The van der Waals surface area contributed by atoms with Crippen molar-refractivity contribution in [2.24, 2.45) is 0 Å². The lowest BCUT2D eigenvalue weighted by Crippen LogP contribution is -2.31. The summed E-state index contributed by atoms with van der Waals surface area (Å²) in [6.45, 7) is 0.254. The monoisotopic (exact) mass is 400 g/mol. The molecule has 4 aromatic rings. The quantitative estimate of drug-likeness (QED) is 0.447. The maximum Gasteiger partial charge on any atom is 0.233 e. The molecule has 2 aromatic carbocycles. The van der Waals surface area contributed by atoms with Gasteiger partial charge in [0.05, 0.1) is 29.0 Å². The molecule has 2 aromatic heterocycles. The van der Waals surface area contributed by atoms with Gasteiger partial charge < -0.3 is 4.42 Å². The average Bonchev–Trinajstić information content (AvgIpc) is 3.31. The smallest absolute Gasteiger partial charge is 0.233 e. The second-order valence-electron chi connectivity index (χ2n) is 5.95. The highest BCUT2D eigenvalue weighted by Crippen LogP contribution is 2.33. The molecule has 136 valence electrons. The molecular formula is C20H14ClFN2O2S. The number of fused-ring (bicyclic) bond motifs is 1. The van der Waals surface area contributed by atoms with Crippen LogP contribution in [0.25, 0.3) is 10.2 Å². The van der Waals surface area contributed by atoms with E-state index in [2.05, 4.69) is 4.98 Å². The minimum atomic E-state index is -0.334. The molecule has 0 aliphatic carbocycles. The zero-order valence-corrected chi connectivity index (χ0v) is 15.6. The van der Waals surface area contributed by atoms with Crippen LogP contribution in [0, 0.1) is 5.82 Å². The van der Waals surface area contributed by atoms with Crippen LogP contribution in [0.4, 0.5) is 9.52 Å². The van der Waals surface area contributed by atoms with Gasteiger partial charge in [-0.3, -0.25) is 9.69 Å². The van der Waals surface area contributed by atoms with Crippen LogP contribution in [0.2, 0.25) is 5.02 Å². The topological polar surface area (TPSA) is 46.3 Å². The predicted octanol–water partition coefficient (Wildman–Crippen LogP) is 5.46. The summed E-state index contributed by atoms with van der Waals surface area (Å²) in [6.07, 6.45) is 1.69. The van der Waals surface area contributed by atoms with Crippen LogP contribution in [0.5, 0.6) is 0 Å². The maximum absolute atomic E-state index is 13.1. The number of nitrogens with zero attached hydrogens (tertiary/aromatic N) is 2. The minimum absolute atomic E-state index is 0.130. The number of hydrogen-bond donors (Lipinski definition) is 0. The number of rotatable bonds is 5. The SMILES string of the molecule is O=C(Cc1ccc(F)cc1)N(Cc1ccco1)c1nc2c(Cl)cccc2s1. The summed E-state index contributed by atoms with van der Waals surface area (Å²) >= 11 is 7.62. The molecule has 2 heterocycles. The van der Waals surface area contributed by atoms with Gasteiger partial charge in [0.15, 0.2) is 5.13 Å². The summed E-state index contributed by atoms with van der Waals surface area (Å²) in [6, 6.07) is 15.0. The van der Waals surface area contributed by atoms with Gasteiger partial charge in [-0.15, -0.1) is 0 Å². The molecule has 4 nitrogen and oxygen atoms in total. The zero-order chi connectivity index (χ0) is 18.8. The van der Waals surface area contributed by atoms with Crippen molar-refractivity contribution in [1.29, 1.82) is 0 Å². The van der Waals surface area contributed by atoms with Gasteiger partial charge in [-0.25, -0.2) is 9.37 Å². The Bertz CT molecular complexity index is 1080. The number of benzene rings is 2. The Kier molecular flexibility index (Phi) is 4.92. The van der Waals surface area contributed by atoms with Gasteiger partial charge in [-0.1, -0.05) is 41.1 Å². The van der Waals surface area contributed by atoms with Gasteiger partial charge in [0.25, 0.3) is 0 Å². The van der Waals surface area contributed by atoms with Crippen LogP contribution in [-0.2, 0) is 17.8 Å². The second kappa shape index (κ2) is 7.50. The number of carbonyl (C=O) groups is 1. The van der Waals surface area contributed by atoms with Crippen molar-refractivity contribution in [2.75, 3.05) is 4.90 Å². The van der Waals surface area contributed by atoms with E-state index in [1.54, 1.807) is 41.5 Å². The van der Waals surface area contributed by atoms with E-state index < -0.39 is 0 Å². The molecule has 0 bridgehead atoms. The van der Waals surface area contributed by atoms with Gasteiger partial charge >= 0.3 is 0 Å². The third-order valence-corrected chi connectivity index (χ3v) is 5.40. The number of aromatic nitrogens is 1. The third kappa shape index (κ3) is 3.86. The van der Waals surface area contributed by atoms with Crippen molar-refractivity contribution in [3.63, 3.8) is 0 Å². The molecule has 0 saturated carbocycles. The Balaban J connectivity index is 1.68. The van der Waals surface area contributed by atoms with Crippen LogP contribution >= 0.6 is 22.9 Å². The molecule has 0 N–H and O–H groups in total. The molecule has 0 aliphatic rings. The lowest BCUT2D eigenvalue weighted by molar-refractivity contribution is -0.118. The summed E-state index contributed by atoms with van der Waals surface area (Å²) in [5, 5.41) is 1.08. The lowest BCUT2D eigenvalue weighted by Gasteiger charge is -2.18. The molecule has 7 heteroatoms. The van der Waals surface area contributed by atoms with E-state index in [1.807, 2.05) is 12.1 Å². The van der Waals surface area contributed by atoms with Gasteiger partial charge in [0, 0.05) is 0 Å². The van der Waals surface area contributed by atoms with E-state index in [-0.39, 0.29) is 24.7 Å². The molecule has 1 amide bonds. The van der Waals surface area contributed by atoms with Crippen molar-refractivity contribution in [2.45, 2.75) is 13.0 Å². The van der Waals surface area contributed by atoms with Gasteiger partial charge in [-0.2, -0.15) is 0 Å². The standard InChI is InChI=1S/C20H14ClFN2O2S/c21-16-4-1-5-17-19(16)23-20(27-17)24(12-15-3-2-10-26-15)18(25)11-13-6-8-14(22)9-7-13/h1-10H,11-12H2. The molecular weight excluding hydrogens is 387 g/mol. The first-order valence-electron chi connectivity index (χ1n) is 8.22. The van der Waals surface area contributed by atoms with Gasteiger partial charge in [-0.05, 0) is 42.0 Å². The average molecular weight is 401 g/mol. The summed E-state index contributed by atoms with van der Waals surface area (Å²) in [4.78, 5) is 19.1. The number of amides is 1. The number of para-hydroxylation sites is 1. The summed E-state index contributed by atoms with van der Waals surface area (Å²) in [7, 11) is 0. The second-order valence-corrected chi connectivity index (χ2v) is 7.36. The number of anilines is 1. The number of halogens is 2. The van der Waals surface area contributed by atoms with Gasteiger partial charge in [0.2, 0.25) is 5.91 Å². The molecule has 0 saturated heterocycles. The fourth-order valence-electron chi connectivity index (χ4n) is 2.71. The minimum Gasteiger partial charge on any atom is -0.467 e. The van der Waals surface area contributed by atoms with E-state index in [9.17, 15) is 9.18 Å². The number of thiazole rings is 1. The molecule has 0 fully saturated rings. The Morgan fingerprint density at radius 3 is 2.67 bits per heavy atom. The Hall–Kier alpha value is -2.70. The number of hydrogen-bond acceptors (Lipinski definition) is 4. The molecule has 0 unspecified atom stereocenters. The summed E-state index contributed by atoms with van der Waals surface area (Å²) < 4.78 is 19.4. The van der Waals surface area contributed by atoms with Crippen molar-refractivity contribution in [1.82, 2.24) is 4.98 Å². The predicted molar refractivity (Wildman–Crippen MR) is 105 cm³/mol. The van der Waals surface area contributed by atoms with Crippen molar-refractivity contribution in [3.8, 4) is 0 Å². The summed E-state index contributed by atoms with van der Waals surface area (Å²) in [5.74, 6) is 0.153. The first kappa shape index (κ1) is 17.7. The van der Waals surface area contributed by atoms with Crippen LogP contribution in [-0.4, -0.2) is 10.9 Å². The molecule has 4 rings (SSSR count). The number of carbonyl (C=O) groups excluding carboxylic acids is 1. The largest absolute Gasteiger partial charge is 0.467 e. The normalized spacial score (nSPS) is 11.0. The first-order valence-corrected chi connectivity index (χ1v) is 9.42. The van der Waals surface area contributed by atoms with E-state index >= 15 is 0 Å². The maximum atomic E-state index is 13.1. The molecule has 0 radical (unpaired) electrons. The lowest BCUT2D eigenvalue weighted by atomic mass is 10.1. The van der Waals surface area contributed by atoms with Crippen LogP contribution in [0.1, 0.15) is 11.3 Å². The Morgan fingerprint density at radius 2 is 1.96 bits per heavy atom. The molecule has 0 spiro atoms. The van der Waals surface area contributed by atoms with Crippen molar-refractivity contribution in [3.05, 3.63) is 83.0 Å². The fourth-order valence-corrected chi connectivity index (χ4v) is 3.99. The molecule has 0 aliphatic heterocycles. The van der Waals surface area contributed by atoms with Crippen LogP contribution in [0.15, 0.2) is 65.3 Å². The molecule has 0 atom stereocenters. The van der Waals surface area contributed by atoms with Crippen molar-refractivity contribution < 1.29 is 13.6 Å². The van der Waals surface area contributed by atoms with E-state index in [1.165, 1.54) is 23.5 Å². The van der Waals surface area contributed by atoms with E-state index in [4.69, 9.17) is 16.0 Å². The first-order chi connectivity index (χ1) is 13.1. The van der Waals surface area contributed by atoms with Gasteiger partial charge in [0.1, 0.15) is 17.1 Å². The Labute approximate surface area is 163 Å². The van der Waals surface area contributed by atoms with Crippen molar-refractivity contribution >= 4 is 44.2 Å². The highest BCUT2D eigenvalue weighted by molar-refractivity contribution is 7.22. The zero-order valence-electron chi connectivity index (χ0n) is 14.1. The fraction of sp³-hybridized carbons (Fsp3) is 0.100. The third-order valence-electron chi connectivity index (χ3n) is 4.05. The Morgan fingerprint density at radius 1 is 1.15 bits per heavy atom. The van der Waals surface area contributed by atoms with Crippen LogP contribution < -0.4 is 4.90 Å². The van der Waals surface area contributed by atoms with E-state index in [0.717, 1.165) is 10.3 Å². The highest BCUT2D eigenvalue weighted by atomic mass is 35.5.